The zero-order valence-electron chi connectivity index (χ0n) is 16.1. The number of ether oxygens (including phenoxy) is 1. The molecule has 27 heavy (non-hydrogen) atoms. The average Bonchev–Trinajstić information content (AvgIpc) is 3.04. The van der Waals surface area contributed by atoms with Gasteiger partial charge in [-0.15, -0.1) is 0 Å². The Morgan fingerprint density at radius 3 is 2.48 bits per heavy atom. The molecule has 0 radical (unpaired) electrons. The summed E-state index contributed by atoms with van der Waals surface area (Å²) in [5, 5.41) is 6.80. The van der Waals surface area contributed by atoms with Gasteiger partial charge >= 0.3 is 0 Å². The number of anilines is 1. The fourth-order valence-corrected chi connectivity index (χ4v) is 2.73. The number of hydrogen-bond donors (Lipinski definition) is 1. The van der Waals surface area contributed by atoms with Gasteiger partial charge in [0.1, 0.15) is 18.1 Å². The van der Waals surface area contributed by atoms with Crippen LogP contribution in [0.4, 0.5) is 5.69 Å². The van der Waals surface area contributed by atoms with Gasteiger partial charge in [-0.3, -0.25) is 4.79 Å². The van der Waals surface area contributed by atoms with E-state index >= 15 is 0 Å². The zero-order chi connectivity index (χ0) is 19.4. The van der Waals surface area contributed by atoms with Crippen molar-refractivity contribution in [2.45, 2.75) is 40.7 Å². The van der Waals surface area contributed by atoms with E-state index < -0.39 is 0 Å². The molecule has 0 saturated heterocycles. The van der Waals surface area contributed by atoms with Crippen molar-refractivity contribution < 1.29 is 14.1 Å². The lowest BCUT2D eigenvalue weighted by Crippen LogP contribution is -2.15. The zero-order valence-corrected chi connectivity index (χ0v) is 16.1. The number of nitrogens with one attached hydrogen (secondary N) is 1. The van der Waals surface area contributed by atoms with Gasteiger partial charge in [-0.2, -0.15) is 0 Å². The highest BCUT2D eigenvalue weighted by Crippen LogP contribution is 2.21. The highest BCUT2D eigenvalue weighted by molar-refractivity contribution is 6.03. The number of carbonyl (C=O) groups is 1. The summed E-state index contributed by atoms with van der Waals surface area (Å²) in [5.41, 5.74) is 5.16. The molecule has 0 spiro atoms. The molecule has 0 aliphatic heterocycles. The van der Waals surface area contributed by atoms with Crippen LogP contribution < -0.4 is 10.1 Å². The molecule has 2 aromatic carbocycles. The van der Waals surface area contributed by atoms with Gasteiger partial charge in [0, 0.05) is 5.69 Å². The Labute approximate surface area is 159 Å². The second-order valence-corrected chi connectivity index (χ2v) is 6.61. The summed E-state index contributed by atoms with van der Waals surface area (Å²) in [6.07, 6.45) is 0.980. The molecular weight excluding hydrogens is 340 g/mol. The molecule has 1 aromatic heterocycles. The molecule has 0 fully saturated rings. The lowest BCUT2D eigenvalue weighted by Gasteiger charge is -2.09. The van der Waals surface area contributed by atoms with Gasteiger partial charge < -0.3 is 14.6 Å². The minimum atomic E-state index is -0.310. The SMILES string of the molecule is CCc1ccc(OCc2c(C(=O)Nc3ccc(C)c(C)c3)noc2C)cc1. The van der Waals surface area contributed by atoms with Gasteiger partial charge in [0.15, 0.2) is 5.69 Å². The van der Waals surface area contributed by atoms with Crippen LogP contribution in [0.25, 0.3) is 0 Å². The number of aromatic nitrogens is 1. The van der Waals surface area contributed by atoms with E-state index in [0.29, 0.717) is 11.3 Å². The van der Waals surface area contributed by atoms with E-state index in [1.54, 1.807) is 6.92 Å². The highest BCUT2D eigenvalue weighted by Gasteiger charge is 2.20. The van der Waals surface area contributed by atoms with Crippen molar-refractivity contribution in [3.63, 3.8) is 0 Å². The van der Waals surface area contributed by atoms with Crippen molar-refractivity contribution in [2.24, 2.45) is 0 Å². The van der Waals surface area contributed by atoms with Gasteiger partial charge in [-0.25, -0.2) is 0 Å². The molecular formula is C22H24N2O3. The van der Waals surface area contributed by atoms with Crippen molar-refractivity contribution in [3.05, 3.63) is 76.2 Å². The van der Waals surface area contributed by atoms with E-state index in [1.807, 2.05) is 56.3 Å². The largest absolute Gasteiger partial charge is 0.489 e. The highest BCUT2D eigenvalue weighted by atomic mass is 16.5. The molecule has 5 nitrogen and oxygen atoms in total. The predicted octanol–water partition coefficient (Wildman–Crippen LogP) is 4.99. The molecule has 1 amide bonds. The van der Waals surface area contributed by atoms with Crippen molar-refractivity contribution in [3.8, 4) is 5.75 Å². The summed E-state index contributed by atoms with van der Waals surface area (Å²) < 4.78 is 11.1. The Balaban J connectivity index is 1.72. The molecule has 0 unspecified atom stereocenters. The number of hydrogen-bond acceptors (Lipinski definition) is 4. The fraction of sp³-hybridized carbons (Fsp3) is 0.273. The lowest BCUT2D eigenvalue weighted by atomic mass is 10.1. The van der Waals surface area contributed by atoms with E-state index in [-0.39, 0.29) is 18.2 Å². The topological polar surface area (TPSA) is 64.4 Å². The quantitative estimate of drug-likeness (QED) is 0.669. The normalized spacial score (nSPS) is 10.7. The monoisotopic (exact) mass is 364 g/mol. The number of rotatable bonds is 6. The van der Waals surface area contributed by atoms with Crippen molar-refractivity contribution in [2.75, 3.05) is 5.32 Å². The Bertz CT molecular complexity index is 943. The summed E-state index contributed by atoms with van der Waals surface area (Å²) in [7, 11) is 0. The lowest BCUT2D eigenvalue weighted by molar-refractivity contribution is 0.101. The number of benzene rings is 2. The molecule has 1 N–H and O–H groups in total. The second-order valence-electron chi connectivity index (χ2n) is 6.61. The first-order valence-corrected chi connectivity index (χ1v) is 9.03. The molecule has 0 saturated carbocycles. The third kappa shape index (κ3) is 4.37. The number of nitrogens with zero attached hydrogens (tertiary/aromatic N) is 1. The Morgan fingerprint density at radius 1 is 1.07 bits per heavy atom. The van der Waals surface area contributed by atoms with E-state index in [2.05, 4.69) is 17.4 Å². The van der Waals surface area contributed by atoms with Crippen LogP contribution in [0.3, 0.4) is 0 Å². The third-order valence-corrected chi connectivity index (χ3v) is 4.68. The standard InChI is InChI=1S/C22H24N2O3/c1-5-17-7-10-19(11-8-17)26-13-20-16(4)27-24-21(20)22(25)23-18-9-6-14(2)15(3)12-18/h6-12H,5,13H2,1-4H3,(H,23,25). The van der Waals surface area contributed by atoms with Gasteiger partial charge in [0.2, 0.25) is 0 Å². The number of carbonyl (C=O) groups excluding carboxylic acids is 1. The maximum Gasteiger partial charge on any atom is 0.278 e. The van der Waals surface area contributed by atoms with Crippen LogP contribution in [0, 0.1) is 20.8 Å². The summed E-state index contributed by atoms with van der Waals surface area (Å²) in [4.78, 5) is 12.7. The van der Waals surface area contributed by atoms with Gasteiger partial charge in [-0.1, -0.05) is 30.3 Å². The maximum absolute atomic E-state index is 12.7. The summed E-state index contributed by atoms with van der Waals surface area (Å²) in [6.45, 7) is 8.14. The molecule has 0 bridgehead atoms. The summed E-state index contributed by atoms with van der Waals surface area (Å²) in [5.74, 6) is 1.01. The van der Waals surface area contributed by atoms with Crippen LogP contribution in [0.15, 0.2) is 47.0 Å². The van der Waals surface area contributed by atoms with Crippen LogP contribution in [0.5, 0.6) is 5.75 Å². The second kappa shape index (κ2) is 8.08. The molecule has 0 atom stereocenters. The Morgan fingerprint density at radius 2 is 1.81 bits per heavy atom. The fourth-order valence-electron chi connectivity index (χ4n) is 2.73. The Kier molecular flexibility index (Phi) is 5.60. The molecule has 5 heteroatoms. The van der Waals surface area contributed by atoms with Crippen LogP contribution >= 0.6 is 0 Å². The van der Waals surface area contributed by atoms with Gasteiger partial charge in [0.05, 0.1) is 5.56 Å². The molecule has 0 aliphatic rings. The van der Waals surface area contributed by atoms with Crippen molar-refractivity contribution >= 4 is 11.6 Å². The van der Waals surface area contributed by atoms with E-state index in [4.69, 9.17) is 9.26 Å². The Hall–Kier alpha value is -3.08. The first-order chi connectivity index (χ1) is 13.0. The average molecular weight is 364 g/mol. The van der Waals surface area contributed by atoms with E-state index in [0.717, 1.165) is 23.4 Å². The van der Waals surface area contributed by atoms with Crippen LogP contribution in [0.2, 0.25) is 0 Å². The van der Waals surface area contributed by atoms with Crippen molar-refractivity contribution in [1.29, 1.82) is 0 Å². The van der Waals surface area contributed by atoms with Crippen LogP contribution in [-0.2, 0) is 13.0 Å². The van der Waals surface area contributed by atoms with Crippen LogP contribution in [0.1, 0.15) is 45.4 Å². The summed E-state index contributed by atoms with van der Waals surface area (Å²) in [6, 6.07) is 13.7. The van der Waals surface area contributed by atoms with Crippen molar-refractivity contribution in [1.82, 2.24) is 5.16 Å². The molecule has 3 aromatic rings. The van der Waals surface area contributed by atoms with Gasteiger partial charge in [0.25, 0.3) is 5.91 Å². The summed E-state index contributed by atoms with van der Waals surface area (Å²) >= 11 is 0. The molecule has 3 rings (SSSR count). The third-order valence-electron chi connectivity index (χ3n) is 4.68. The molecule has 1 heterocycles. The minimum absolute atomic E-state index is 0.219. The maximum atomic E-state index is 12.7. The molecule has 140 valence electrons. The predicted molar refractivity (Wildman–Crippen MR) is 105 cm³/mol. The van der Waals surface area contributed by atoms with E-state index in [9.17, 15) is 4.79 Å². The van der Waals surface area contributed by atoms with Gasteiger partial charge in [-0.05, 0) is 68.1 Å². The smallest absolute Gasteiger partial charge is 0.278 e. The van der Waals surface area contributed by atoms with E-state index in [1.165, 1.54) is 11.1 Å². The first-order valence-electron chi connectivity index (χ1n) is 9.03. The minimum Gasteiger partial charge on any atom is -0.489 e. The number of aryl methyl sites for hydroxylation is 4. The molecule has 0 aliphatic carbocycles. The van der Waals surface area contributed by atoms with Crippen LogP contribution in [-0.4, -0.2) is 11.1 Å². The first kappa shape index (κ1) is 18.7. The number of amides is 1.